The fourth-order valence-corrected chi connectivity index (χ4v) is 1.07. The number of hydrogen-bond acceptors (Lipinski definition) is 0. The molecule has 0 fully saturated rings. The first-order valence-corrected chi connectivity index (χ1v) is 7.48. The van der Waals surface area contributed by atoms with Gasteiger partial charge in [0.2, 0.25) is 0 Å². The average molecular weight is 228 g/mol. The maximum Gasteiger partial charge on any atom is -0.0648 e. The molecule has 0 spiro atoms. The summed E-state index contributed by atoms with van der Waals surface area (Å²) in [7, 11) is 4.76. The van der Waals surface area contributed by atoms with Gasteiger partial charge >= 0.3 is 27.0 Å². The second kappa shape index (κ2) is 5.29. The summed E-state index contributed by atoms with van der Waals surface area (Å²) in [6.45, 7) is 0. The Labute approximate surface area is 86.3 Å². The van der Waals surface area contributed by atoms with Gasteiger partial charge in [0.25, 0.3) is 0 Å². The molecule has 0 aromatic heterocycles. The van der Waals surface area contributed by atoms with Crippen LogP contribution < -0.4 is 0 Å². The predicted molar refractivity (Wildman–Crippen MR) is 48.6 cm³/mol. The zero-order chi connectivity index (χ0) is 8.81. The smallest absolute Gasteiger partial charge is 0.0648 e. The Bertz CT molecular complexity index is 281. The molecule has 0 aliphatic rings. The summed E-state index contributed by atoms with van der Waals surface area (Å²) in [6, 6.07) is 17.3. The van der Waals surface area contributed by atoms with Crippen molar-refractivity contribution in [1.29, 1.82) is 0 Å². The van der Waals surface area contributed by atoms with E-state index in [9.17, 15) is 0 Å². The molecule has 0 nitrogen and oxygen atoms in total. The van der Waals surface area contributed by atoms with Crippen molar-refractivity contribution >= 4 is 20.5 Å². The predicted octanol–water partition coefficient (Wildman–Crippen LogP) is 3.33. The van der Waals surface area contributed by atoms with Gasteiger partial charge in [0.1, 0.15) is 0 Å². The van der Waals surface area contributed by atoms with Crippen LogP contribution in [0.2, 0.25) is 0 Å². The summed E-state index contributed by atoms with van der Waals surface area (Å²) in [6.07, 6.45) is 0. The van der Waals surface area contributed by atoms with Crippen molar-refractivity contribution in [2.24, 2.45) is 0 Å². The van der Waals surface area contributed by atoms with E-state index in [2.05, 4.69) is 24.3 Å². The molecule has 0 atom stereocenters. The van der Waals surface area contributed by atoms with E-state index in [-0.39, 0.29) is 0 Å². The Morgan fingerprint density at radius 3 is 2.33 bits per heavy atom. The van der Waals surface area contributed by atoms with Crippen molar-refractivity contribution in [2.45, 2.75) is 0 Å². The van der Waals surface area contributed by atoms with Crippen LogP contribution in [0.5, 0.6) is 0 Å². The number of rotatable bonds is 0. The van der Waals surface area contributed by atoms with E-state index in [4.69, 9.17) is 9.69 Å². The van der Waals surface area contributed by atoms with E-state index in [1.54, 1.807) is 0 Å². The zero-order valence-electron chi connectivity index (χ0n) is 6.63. The second-order valence-corrected chi connectivity index (χ2v) is 2.27. The SMILES string of the molecule is [Cl][Zn+].[c-]1ccc2ccccc2c1. The van der Waals surface area contributed by atoms with E-state index in [0.717, 1.165) is 17.3 Å². The van der Waals surface area contributed by atoms with E-state index >= 15 is 0 Å². The van der Waals surface area contributed by atoms with E-state index in [1.807, 2.05) is 24.3 Å². The van der Waals surface area contributed by atoms with Crippen LogP contribution in [0.15, 0.2) is 42.5 Å². The van der Waals surface area contributed by atoms with Gasteiger partial charge in [-0.3, -0.25) is 0 Å². The van der Waals surface area contributed by atoms with Gasteiger partial charge in [-0.15, -0.1) is 16.8 Å². The van der Waals surface area contributed by atoms with Crippen molar-refractivity contribution in [2.75, 3.05) is 0 Å². The van der Waals surface area contributed by atoms with E-state index < -0.39 is 0 Å². The first-order chi connectivity index (χ1) is 5.97. The molecule has 0 saturated carbocycles. The molecule has 2 aromatic carbocycles. The number of fused-ring (bicyclic) bond motifs is 1. The molecular weight excluding hydrogens is 221 g/mol. The molecule has 56 valence electrons. The molecule has 0 bridgehead atoms. The van der Waals surface area contributed by atoms with Crippen molar-refractivity contribution in [3.8, 4) is 0 Å². The van der Waals surface area contributed by atoms with Gasteiger partial charge in [-0.2, -0.15) is 24.3 Å². The third kappa shape index (κ3) is 2.30. The normalized spacial score (nSPS) is 8.92. The molecule has 0 amide bonds. The van der Waals surface area contributed by atoms with Gasteiger partial charge in [-0.1, -0.05) is 18.2 Å². The Kier molecular flexibility index (Phi) is 4.28. The van der Waals surface area contributed by atoms with Gasteiger partial charge in [0.05, 0.1) is 0 Å². The average Bonchev–Trinajstić information content (AvgIpc) is 2.21. The summed E-state index contributed by atoms with van der Waals surface area (Å²) < 4.78 is 0. The Balaban J connectivity index is 0.000000336. The fraction of sp³-hybridized carbons (Fsp3) is 0. The molecule has 12 heavy (non-hydrogen) atoms. The molecule has 2 heteroatoms. The summed E-state index contributed by atoms with van der Waals surface area (Å²) in [5, 5.41) is 2.53. The Morgan fingerprint density at radius 2 is 1.67 bits per heavy atom. The van der Waals surface area contributed by atoms with Gasteiger partial charge in [-0.25, -0.2) is 0 Å². The summed E-state index contributed by atoms with van der Waals surface area (Å²) in [5.74, 6) is 0. The Hall–Kier alpha value is -0.387. The maximum atomic E-state index is 4.76. The largest absolute Gasteiger partial charge is 0.183 e. The van der Waals surface area contributed by atoms with Crippen LogP contribution >= 0.6 is 9.69 Å². The van der Waals surface area contributed by atoms with Crippen LogP contribution in [0.3, 0.4) is 0 Å². The number of hydrogen-bond donors (Lipinski definition) is 0. The second-order valence-electron chi connectivity index (χ2n) is 2.27. The molecule has 0 aliphatic heterocycles. The monoisotopic (exact) mass is 226 g/mol. The standard InChI is InChI=1S/C10H7.ClH.Zn/c1-2-6-10-8-4-3-7-9(10)5-1;;/h1-3,5-8H;1H;/q-1;;+2/p-1. The van der Waals surface area contributed by atoms with E-state index in [0.29, 0.717) is 0 Å². The summed E-state index contributed by atoms with van der Waals surface area (Å²) in [4.78, 5) is 0. The fourth-order valence-electron chi connectivity index (χ4n) is 1.07. The minimum Gasteiger partial charge on any atom is -0.183 e. The van der Waals surface area contributed by atoms with Crippen molar-refractivity contribution in [3.63, 3.8) is 0 Å². The third-order valence-electron chi connectivity index (χ3n) is 1.59. The van der Waals surface area contributed by atoms with Gasteiger partial charge in [-0.05, 0) is 0 Å². The van der Waals surface area contributed by atoms with Crippen LogP contribution in [0.25, 0.3) is 10.8 Å². The molecule has 2 aromatic rings. The van der Waals surface area contributed by atoms with Crippen LogP contribution in [-0.4, -0.2) is 0 Å². The van der Waals surface area contributed by atoms with Crippen molar-refractivity contribution < 1.29 is 17.3 Å². The van der Waals surface area contributed by atoms with Crippen LogP contribution in [-0.2, 0) is 17.3 Å². The summed E-state index contributed by atoms with van der Waals surface area (Å²) in [5.41, 5.74) is 0. The molecule has 0 unspecified atom stereocenters. The van der Waals surface area contributed by atoms with Crippen molar-refractivity contribution in [3.05, 3.63) is 48.5 Å². The quantitative estimate of drug-likeness (QED) is 0.479. The molecule has 0 saturated heterocycles. The molecule has 0 aliphatic carbocycles. The topological polar surface area (TPSA) is 0 Å². The van der Waals surface area contributed by atoms with Crippen LogP contribution in [0.4, 0.5) is 0 Å². The molecule has 0 radical (unpaired) electrons. The number of benzene rings is 2. The molecule has 2 rings (SSSR count). The minimum absolute atomic E-state index is 0.847. The van der Waals surface area contributed by atoms with Crippen molar-refractivity contribution in [1.82, 2.24) is 0 Å². The molecule has 0 heterocycles. The third-order valence-corrected chi connectivity index (χ3v) is 1.59. The molecule has 0 N–H and O–H groups in total. The minimum atomic E-state index is 0.847. The van der Waals surface area contributed by atoms with Gasteiger partial charge < -0.3 is 0 Å². The van der Waals surface area contributed by atoms with E-state index in [1.165, 1.54) is 10.8 Å². The van der Waals surface area contributed by atoms with Gasteiger partial charge in [0, 0.05) is 0 Å². The summed E-state index contributed by atoms with van der Waals surface area (Å²) >= 11 is 0.847. The first kappa shape index (κ1) is 9.70. The van der Waals surface area contributed by atoms with Crippen LogP contribution in [0, 0.1) is 6.07 Å². The number of halogens is 1. The maximum absolute atomic E-state index is 4.76. The molecular formula is C10H7ClZn. The zero-order valence-corrected chi connectivity index (χ0v) is 10.3. The first-order valence-electron chi connectivity index (χ1n) is 3.58. The Morgan fingerprint density at radius 1 is 1.00 bits per heavy atom. The van der Waals surface area contributed by atoms with Crippen LogP contribution in [0.1, 0.15) is 0 Å². The van der Waals surface area contributed by atoms with Gasteiger partial charge in [0.15, 0.2) is 0 Å².